The molecule has 0 bridgehead atoms. The van der Waals surface area contributed by atoms with Crippen molar-refractivity contribution >= 4 is 45.6 Å². The molecule has 0 aliphatic carbocycles. The molecule has 0 atom stereocenters. The zero-order chi connectivity index (χ0) is 14.3. The standard InChI is InChI=1S/C16H8Cl3F/c17-10-7-13(15(19)14(18)8-10)12-6-5-9-3-1-2-4-11(9)16(12)20/h1-8H. The minimum Gasteiger partial charge on any atom is -0.206 e. The van der Waals surface area contributed by atoms with Gasteiger partial charge in [0.15, 0.2) is 0 Å². The fraction of sp³-hybridized carbons (Fsp3) is 0. The topological polar surface area (TPSA) is 0 Å². The van der Waals surface area contributed by atoms with E-state index in [4.69, 9.17) is 34.8 Å². The monoisotopic (exact) mass is 324 g/mol. The van der Waals surface area contributed by atoms with Crippen LogP contribution in [-0.4, -0.2) is 0 Å². The first-order chi connectivity index (χ1) is 9.58. The molecule has 0 unspecified atom stereocenters. The van der Waals surface area contributed by atoms with Crippen molar-refractivity contribution in [2.75, 3.05) is 0 Å². The van der Waals surface area contributed by atoms with Gasteiger partial charge in [-0.3, -0.25) is 0 Å². The van der Waals surface area contributed by atoms with Crippen LogP contribution in [0.4, 0.5) is 4.39 Å². The molecule has 0 fully saturated rings. The van der Waals surface area contributed by atoms with Gasteiger partial charge in [-0.05, 0) is 17.5 Å². The Bertz CT molecular complexity index is 812. The maximum Gasteiger partial charge on any atom is 0.138 e. The number of halogens is 4. The predicted octanol–water partition coefficient (Wildman–Crippen LogP) is 6.61. The van der Waals surface area contributed by atoms with Crippen molar-refractivity contribution in [1.29, 1.82) is 0 Å². The maximum absolute atomic E-state index is 14.7. The molecule has 0 aromatic heterocycles. The van der Waals surface area contributed by atoms with Gasteiger partial charge in [0.1, 0.15) is 5.82 Å². The van der Waals surface area contributed by atoms with Gasteiger partial charge in [-0.1, -0.05) is 71.2 Å². The molecule has 0 radical (unpaired) electrons. The highest BCUT2D eigenvalue weighted by molar-refractivity contribution is 6.45. The van der Waals surface area contributed by atoms with Gasteiger partial charge in [0.2, 0.25) is 0 Å². The lowest BCUT2D eigenvalue weighted by Gasteiger charge is -2.10. The van der Waals surface area contributed by atoms with Gasteiger partial charge < -0.3 is 0 Å². The number of hydrogen-bond acceptors (Lipinski definition) is 0. The van der Waals surface area contributed by atoms with Crippen molar-refractivity contribution in [3.63, 3.8) is 0 Å². The molecule has 0 heterocycles. The van der Waals surface area contributed by atoms with Crippen molar-refractivity contribution in [3.05, 3.63) is 69.4 Å². The summed E-state index contributed by atoms with van der Waals surface area (Å²) in [5.74, 6) is -0.330. The Hall–Kier alpha value is -1.28. The summed E-state index contributed by atoms with van der Waals surface area (Å²) in [5.41, 5.74) is 0.880. The third-order valence-corrected chi connectivity index (χ3v) is 4.17. The van der Waals surface area contributed by atoms with Gasteiger partial charge in [-0.2, -0.15) is 0 Å². The first-order valence-electron chi connectivity index (χ1n) is 5.90. The summed E-state index contributed by atoms with van der Waals surface area (Å²) < 4.78 is 14.7. The lowest BCUT2D eigenvalue weighted by molar-refractivity contribution is 0.643. The summed E-state index contributed by atoms with van der Waals surface area (Å²) in [6, 6.07) is 13.9. The van der Waals surface area contributed by atoms with E-state index in [-0.39, 0.29) is 5.82 Å². The molecule has 0 N–H and O–H groups in total. The Kier molecular flexibility index (Phi) is 3.59. The summed E-state index contributed by atoms with van der Waals surface area (Å²) in [5, 5.41) is 2.39. The molecule has 0 saturated heterocycles. The van der Waals surface area contributed by atoms with E-state index in [1.54, 1.807) is 24.3 Å². The summed E-state index contributed by atoms with van der Waals surface area (Å²) in [6.45, 7) is 0. The van der Waals surface area contributed by atoms with Crippen LogP contribution >= 0.6 is 34.8 Å². The Morgan fingerprint density at radius 3 is 2.35 bits per heavy atom. The van der Waals surface area contributed by atoms with Crippen LogP contribution < -0.4 is 0 Å². The molecule has 3 rings (SSSR count). The van der Waals surface area contributed by atoms with Crippen molar-refractivity contribution in [2.24, 2.45) is 0 Å². The Labute approximate surface area is 130 Å². The van der Waals surface area contributed by atoms with E-state index in [0.717, 1.165) is 5.39 Å². The van der Waals surface area contributed by atoms with Crippen LogP contribution in [0, 0.1) is 5.82 Å². The van der Waals surface area contributed by atoms with Crippen LogP contribution in [0.2, 0.25) is 15.1 Å². The minimum atomic E-state index is -0.330. The van der Waals surface area contributed by atoms with Crippen molar-refractivity contribution in [2.45, 2.75) is 0 Å². The number of rotatable bonds is 1. The third-order valence-electron chi connectivity index (χ3n) is 3.15. The van der Waals surface area contributed by atoms with Gasteiger partial charge in [0, 0.05) is 21.5 Å². The Balaban J connectivity index is 2.33. The van der Waals surface area contributed by atoms with Crippen LogP contribution in [0.25, 0.3) is 21.9 Å². The molecule has 3 aromatic carbocycles. The second-order valence-corrected chi connectivity index (χ2v) is 5.62. The molecular weight excluding hydrogens is 318 g/mol. The van der Waals surface area contributed by atoms with E-state index in [0.29, 0.717) is 31.6 Å². The molecule has 3 aromatic rings. The summed E-state index contributed by atoms with van der Waals surface area (Å²) in [7, 11) is 0. The quantitative estimate of drug-likeness (QED) is 0.442. The predicted molar refractivity (Wildman–Crippen MR) is 84.4 cm³/mol. The second-order valence-electron chi connectivity index (χ2n) is 4.40. The van der Waals surface area contributed by atoms with Gasteiger partial charge in [0.25, 0.3) is 0 Å². The number of hydrogen-bond donors (Lipinski definition) is 0. The van der Waals surface area contributed by atoms with E-state index in [1.165, 1.54) is 6.07 Å². The lowest BCUT2D eigenvalue weighted by Crippen LogP contribution is -1.88. The highest BCUT2D eigenvalue weighted by Crippen LogP contribution is 2.39. The second kappa shape index (κ2) is 5.25. The highest BCUT2D eigenvalue weighted by Gasteiger charge is 2.14. The molecule has 4 heteroatoms. The molecule has 0 aliphatic rings. The highest BCUT2D eigenvalue weighted by atomic mass is 35.5. The average molecular weight is 326 g/mol. The van der Waals surface area contributed by atoms with Crippen LogP contribution in [0.1, 0.15) is 0 Å². The average Bonchev–Trinajstić information content (AvgIpc) is 2.44. The van der Waals surface area contributed by atoms with E-state index >= 15 is 0 Å². The van der Waals surface area contributed by atoms with E-state index in [2.05, 4.69) is 0 Å². The lowest BCUT2D eigenvalue weighted by atomic mass is 10.0. The van der Waals surface area contributed by atoms with Crippen molar-refractivity contribution in [1.82, 2.24) is 0 Å². The van der Waals surface area contributed by atoms with Gasteiger partial charge in [-0.15, -0.1) is 0 Å². The first-order valence-corrected chi connectivity index (χ1v) is 7.03. The molecular formula is C16H8Cl3F. The minimum absolute atomic E-state index is 0.297. The third kappa shape index (κ3) is 2.26. The summed E-state index contributed by atoms with van der Waals surface area (Å²) in [6.07, 6.45) is 0. The van der Waals surface area contributed by atoms with E-state index in [1.807, 2.05) is 18.2 Å². The Morgan fingerprint density at radius 2 is 1.55 bits per heavy atom. The summed E-state index contributed by atoms with van der Waals surface area (Å²) >= 11 is 18.1. The van der Waals surface area contributed by atoms with E-state index < -0.39 is 0 Å². The molecule has 100 valence electrons. The maximum atomic E-state index is 14.7. The van der Waals surface area contributed by atoms with Crippen LogP contribution in [-0.2, 0) is 0 Å². The van der Waals surface area contributed by atoms with Gasteiger partial charge in [0.05, 0.1) is 10.0 Å². The molecule has 0 aliphatic heterocycles. The van der Waals surface area contributed by atoms with Crippen LogP contribution in [0.15, 0.2) is 48.5 Å². The summed E-state index contributed by atoms with van der Waals surface area (Å²) in [4.78, 5) is 0. The molecule has 0 nitrogen and oxygen atoms in total. The molecule has 20 heavy (non-hydrogen) atoms. The SMILES string of the molecule is Fc1c(-c2cc(Cl)cc(Cl)c2Cl)ccc2ccccc12. The zero-order valence-corrected chi connectivity index (χ0v) is 12.4. The molecule has 0 amide bonds. The van der Waals surface area contributed by atoms with Crippen LogP contribution in [0.3, 0.4) is 0 Å². The van der Waals surface area contributed by atoms with Crippen molar-refractivity contribution in [3.8, 4) is 11.1 Å². The normalized spacial score (nSPS) is 11.0. The van der Waals surface area contributed by atoms with Gasteiger partial charge >= 0.3 is 0 Å². The number of benzene rings is 3. The zero-order valence-electron chi connectivity index (χ0n) is 10.1. The largest absolute Gasteiger partial charge is 0.206 e. The fourth-order valence-corrected chi connectivity index (χ4v) is 2.90. The number of fused-ring (bicyclic) bond motifs is 1. The molecule has 0 saturated carbocycles. The van der Waals surface area contributed by atoms with Crippen LogP contribution in [0.5, 0.6) is 0 Å². The van der Waals surface area contributed by atoms with Crippen molar-refractivity contribution < 1.29 is 4.39 Å². The first kappa shape index (κ1) is 13.7. The van der Waals surface area contributed by atoms with E-state index in [9.17, 15) is 4.39 Å². The fourth-order valence-electron chi connectivity index (χ4n) is 2.19. The Morgan fingerprint density at radius 1 is 0.800 bits per heavy atom. The smallest absolute Gasteiger partial charge is 0.138 e. The van der Waals surface area contributed by atoms with Gasteiger partial charge in [-0.25, -0.2) is 4.39 Å². The molecule has 0 spiro atoms.